The van der Waals surface area contributed by atoms with Crippen molar-refractivity contribution in [2.75, 3.05) is 38.2 Å². The lowest BCUT2D eigenvalue weighted by Crippen LogP contribution is -2.36. The molecule has 4 heteroatoms. The minimum Gasteiger partial charge on any atom is -0.493 e. The smallest absolute Gasteiger partial charge is 0.160 e. The zero-order valence-corrected chi connectivity index (χ0v) is 12.3. The lowest BCUT2D eigenvalue weighted by Gasteiger charge is -2.31. The van der Waals surface area contributed by atoms with E-state index < -0.39 is 0 Å². The van der Waals surface area contributed by atoms with Gasteiger partial charge in [0.1, 0.15) is 0 Å². The van der Waals surface area contributed by atoms with Crippen LogP contribution in [0.3, 0.4) is 0 Å². The Balaban J connectivity index is 2.13. The van der Waals surface area contributed by atoms with E-state index in [1.54, 1.807) is 7.11 Å². The Bertz CT molecular complexity index is 402. The summed E-state index contributed by atoms with van der Waals surface area (Å²) in [5.74, 6) is 1.65. The summed E-state index contributed by atoms with van der Waals surface area (Å²) in [6, 6.07) is 2.13. The SMILES string of the molecule is CCN(CC1CCNCC1)c1cc(C)ncc1OC. The Morgan fingerprint density at radius 1 is 1.42 bits per heavy atom. The minimum absolute atomic E-state index is 0.777. The molecule has 1 fully saturated rings. The van der Waals surface area contributed by atoms with Crippen molar-refractivity contribution >= 4 is 5.69 Å². The van der Waals surface area contributed by atoms with Gasteiger partial charge < -0.3 is 15.0 Å². The summed E-state index contributed by atoms with van der Waals surface area (Å²) < 4.78 is 5.46. The highest BCUT2D eigenvalue weighted by Crippen LogP contribution is 2.29. The predicted molar refractivity (Wildman–Crippen MR) is 79.0 cm³/mol. The molecule has 1 aliphatic rings. The second kappa shape index (κ2) is 6.75. The van der Waals surface area contributed by atoms with Gasteiger partial charge in [-0.2, -0.15) is 0 Å². The number of rotatable bonds is 5. The molecule has 0 spiro atoms. The first kappa shape index (κ1) is 14.1. The van der Waals surface area contributed by atoms with Crippen molar-refractivity contribution in [2.45, 2.75) is 26.7 Å². The largest absolute Gasteiger partial charge is 0.493 e. The maximum atomic E-state index is 5.46. The molecule has 1 aromatic rings. The molecule has 1 saturated heterocycles. The fourth-order valence-corrected chi connectivity index (χ4v) is 2.71. The molecule has 0 bridgehead atoms. The van der Waals surface area contributed by atoms with Crippen LogP contribution >= 0.6 is 0 Å². The molecule has 0 saturated carbocycles. The molecule has 1 aliphatic heterocycles. The quantitative estimate of drug-likeness (QED) is 0.884. The Hall–Kier alpha value is -1.29. The topological polar surface area (TPSA) is 37.4 Å². The number of nitrogens with one attached hydrogen (secondary N) is 1. The van der Waals surface area contributed by atoms with E-state index in [2.05, 4.69) is 28.2 Å². The minimum atomic E-state index is 0.777. The molecule has 1 aromatic heterocycles. The molecule has 0 atom stereocenters. The number of piperidine rings is 1. The summed E-state index contributed by atoms with van der Waals surface area (Å²) >= 11 is 0. The highest BCUT2D eigenvalue weighted by molar-refractivity contribution is 5.58. The van der Waals surface area contributed by atoms with Crippen LogP contribution in [-0.4, -0.2) is 38.3 Å². The summed E-state index contributed by atoms with van der Waals surface area (Å²) in [5.41, 5.74) is 2.22. The zero-order valence-electron chi connectivity index (χ0n) is 12.3. The fraction of sp³-hybridized carbons (Fsp3) is 0.667. The first-order chi connectivity index (χ1) is 9.24. The molecule has 19 heavy (non-hydrogen) atoms. The first-order valence-electron chi connectivity index (χ1n) is 7.21. The third-order valence-corrected chi connectivity index (χ3v) is 3.86. The summed E-state index contributed by atoms with van der Waals surface area (Å²) in [5, 5.41) is 3.42. The monoisotopic (exact) mass is 263 g/mol. The molecule has 106 valence electrons. The Morgan fingerprint density at radius 2 is 2.16 bits per heavy atom. The van der Waals surface area contributed by atoms with Crippen molar-refractivity contribution in [3.63, 3.8) is 0 Å². The van der Waals surface area contributed by atoms with Gasteiger partial charge in [-0.15, -0.1) is 0 Å². The van der Waals surface area contributed by atoms with E-state index in [9.17, 15) is 0 Å². The van der Waals surface area contributed by atoms with Crippen LogP contribution in [0.2, 0.25) is 0 Å². The lowest BCUT2D eigenvalue weighted by atomic mass is 9.97. The molecule has 4 nitrogen and oxygen atoms in total. The van der Waals surface area contributed by atoms with E-state index in [0.717, 1.165) is 43.5 Å². The van der Waals surface area contributed by atoms with E-state index >= 15 is 0 Å². The molecule has 0 aromatic carbocycles. The van der Waals surface area contributed by atoms with Gasteiger partial charge in [-0.05, 0) is 51.8 Å². The second-order valence-corrected chi connectivity index (χ2v) is 5.23. The number of anilines is 1. The van der Waals surface area contributed by atoms with Gasteiger partial charge in [0, 0.05) is 18.8 Å². The average molecular weight is 263 g/mol. The first-order valence-corrected chi connectivity index (χ1v) is 7.21. The average Bonchev–Trinajstić information content (AvgIpc) is 2.46. The van der Waals surface area contributed by atoms with Gasteiger partial charge in [0.05, 0.1) is 19.0 Å². The van der Waals surface area contributed by atoms with Crippen LogP contribution in [0.25, 0.3) is 0 Å². The number of nitrogens with zero attached hydrogens (tertiary/aromatic N) is 2. The van der Waals surface area contributed by atoms with Crippen molar-refractivity contribution in [3.8, 4) is 5.75 Å². The van der Waals surface area contributed by atoms with Crippen LogP contribution in [0, 0.1) is 12.8 Å². The molecule has 0 unspecified atom stereocenters. The number of methoxy groups -OCH3 is 1. The normalized spacial score (nSPS) is 16.4. The number of hydrogen-bond acceptors (Lipinski definition) is 4. The molecular formula is C15H25N3O. The molecule has 0 radical (unpaired) electrons. The van der Waals surface area contributed by atoms with Crippen molar-refractivity contribution < 1.29 is 4.74 Å². The molecule has 0 amide bonds. The Morgan fingerprint density at radius 3 is 2.79 bits per heavy atom. The highest BCUT2D eigenvalue weighted by atomic mass is 16.5. The standard InChI is InChI=1S/C15H25N3O/c1-4-18(11-13-5-7-16-8-6-13)14-9-12(2)17-10-15(14)19-3/h9-10,13,16H,4-8,11H2,1-3H3. The maximum absolute atomic E-state index is 5.46. The number of hydrogen-bond donors (Lipinski definition) is 1. The summed E-state index contributed by atoms with van der Waals surface area (Å²) in [6.07, 6.45) is 4.36. The number of aryl methyl sites for hydroxylation is 1. The van der Waals surface area contributed by atoms with Gasteiger partial charge in [-0.25, -0.2) is 0 Å². The van der Waals surface area contributed by atoms with Crippen LogP contribution < -0.4 is 15.0 Å². The fourth-order valence-electron chi connectivity index (χ4n) is 2.71. The van der Waals surface area contributed by atoms with Gasteiger partial charge in [-0.3, -0.25) is 4.98 Å². The van der Waals surface area contributed by atoms with E-state index in [0.29, 0.717) is 0 Å². The van der Waals surface area contributed by atoms with Gasteiger partial charge in [0.2, 0.25) is 0 Å². The van der Waals surface area contributed by atoms with E-state index in [1.807, 2.05) is 13.1 Å². The predicted octanol–water partition coefficient (Wildman–Crippen LogP) is 2.22. The molecule has 2 rings (SSSR count). The Kier molecular flexibility index (Phi) is 5.02. The van der Waals surface area contributed by atoms with Crippen LogP contribution in [0.15, 0.2) is 12.3 Å². The van der Waals surface area contributed by atoms with Crippen LogP contribution in [0.1, 0.15) is 25.5 Å². The van der Waals surface area contributed by atoms with Crippen molar-refractivity contribution in [1.82, 2.24) is 10.3 Å². The van der Waals surface area contributed by atoms with E-state index in [1.165, 1.54) is 18.5 Å². The van der Waals surface area contributed by atoms with Crippen LogP contribution in [0.5, 0.6) is 5.75 Å². The lowest BCUT2D eigenvalue weighted by molar-refractivity contribution is 0.371. The zero-order chi connectivity index (χ0) is 13.7. The molecule has 0 aliphatic carbocycles. The van der Waals surface area contributed by atoms with Gasteiger partial charge in [-0.1, -0.05) is 0 Å². The van der Waals surface area contributed by atoms with Crippen LogP contribution in [-0.2, 0) is 0 Å². The van der Waals surface area contributed by atoms with Crippen molar-refractivity contribution in [3.05, 3.63) is 18.0 Å². The van der Waals surface area contributed by atoms with E-state index in [-0.39, 0.29) is 0 Å². The third kappa shape index (κ3) is 3.60. The van der Waals surface area contributed by atoms with Crippen molar-refractivity contribution in [2.24, 2.45) is 5.92 Å². The molecular weight excluding hydrogens is 238 g/mol. The Labute approximate surface area is 116 Å². The summed E-state index contributed by atoms with van der Waals surface area (Å²) in [6.45, 7) is 8.64. The van der Waals surface area contributed by atoms with Crippen molar-refractivity contribution in [1.29, 1.82) is 0 Å². The van der Waals surface area contributed by atoms with Crippen LogP contribution in [0.4, 0.5) is 5.69 Å². The number of aromatic nitrogens is 1. The summed E-state index contributed by atoms with van der Waals surface area (Å²) in [7, 11) is 1.72. The number of pyridine rings is 1. The summed E-state index contributed by atoms with van der Waals surface area (Å²) in [4.78, 5) is 6.73. The van der Waals surface area contributed by atoms with E-state index in [4.69, 9.17) is 4.74 Å². The van der Waals surface area contributed by atoms with Gasteiger partial charge in [0.25, 0.3) is 0 Å². The maximum Gasteiger partial charge on any atom is 0.160 e. The van der Waals surface area contributed by atoms with Gasteiger partial charge >= 0.3 is 0 Å². The molecule has 2 heterocycles. The molecule has 1 N–H and O–H groups in total. The second-order valence-electron chi connectivity index (χ2n) is 5.23. The third-order valence-electron chi connectivity index (χ3n) is 3.86. The number of ether oxygens (including phenoxy) is 1. The van der Waals surface area contributed by atoms with Gasteiger partial charge in [0.15, 0.2) is 5.75 Å². The highest BCUT2D eigenvalue weighted by Gasteiger charge is 2.18.